The molecule has 0 radical (unpaired) electrons. The van der Waals surface area contributed by atoms with E-state index in [4.69, 9.17) is 4.74 Å². The summed E-state index contributed by atoms with van der Waals surface area (Å²) in [6.07, 6.45) is -1.57. The van der Waals surface area contributed by atoms with Gasteiger partial charge < -0.3 is 25.6 Å². The van der Waals surface area contributed by atoms with E-state index in [0.717, 1.165) is 16.7 Å². The molecule has 4 aromatic rings. The highest BCUT2D eigenvalue weighted by Gasteiger charge is 2.23. The quantitative estimate of drug-likeness (QED) is 0.200. The van der Waals surface area contributed by atoms with Gasteiger partial charge in [-0.05, 0) is 35.2 Å². The molecule has 39 heavy (non-hydrogen) atoms. The van der Waals surface area contributed by atoms with Gasteiger partial charge in [0.2, 0.25) is 0 Å². The highest BCUT2D eigenvalue weighted by molar-refractivity contribution is 6.06. The maximum atomic E-state index is 13.0. The van der Waals surface area contributed by atoms with Crippen molar-refractivity contribution in [3.05, 3.63) is 102 Å². The van der Waals surface area contributed by atoms with E-state index in [1.54, 1.807) is 24.3 Å². The minimum atomic E-state index is -1.66. The summed E-state index contributed by atoms with van der Waals surface area (Å²) in [6.45, 7) is 0. The van der Waals surface area contributed by atoms with Crippen LogP contribution in [0.1, 0.15) is 32.8 Å². The van der Waals surface area contributed by atoms with Gasteiger partial charge in [-0.1, -0.05) is 66.7 Å². The van der Waals surface area contributed by atoms with E-state index in [0.29, 0.717) is 11.3 Å². The summed E-state index contributed by atoms with van der Waals surface area (Å²) in [6, 6.07) is 24.9. The van der Waals surface area contributed by atoms with Crippen molar-refractivity contribution in [3.63, 3.8) is 0 Å². The third-order valence-electron chi connectivity index (χ3n) is 6.09. The number of carbonyl (C=O) groups excluding carboxylic acids is 2. The molecule has 0 bridgehead atoms. The summed E-state index contributed by atoms with van der Waals surface area (Å²) in [5.41, 5.74) is 3.29. The van der Waals surface area contributed by atoms with Gasteiger partial charge in [0.1, 0.15) is 11.4 Å². The van der Waals surface area contributed by atoms with Crippen LogP contribution in [0.3, 0.4) is 0 Å². The third kappa shape index (κ3) is 7.08. The SMILES string of the molecule is COc1ccccc1C(=O)Nc1cc(C(=O)NC(Cc2ccc(-c3ccccc3)cc2)CC(O)C(=O)O)[nH]n1. The first kappa shape index (κ1) is 27.1. The van der Waals surface area contributed by atoms with Crippen LogP contribution in [-0.2, 0) is 11.2 Å². The van der Waals surface area contributed by atoms with E-state index in [1.807, 2.05) is 54.6 Å². The lowest BCUT2D eigenvalue weighted by molar-refractivity contribution is -0.147. The molecule has 0 saturated heterocycles. The van der Waals surface area contributed by atoms with Gasteiger partial charge in [0, 0.05) is 18.5 Å². The van der Waals surface area contributed by atoms with Crippen molar-refractivity contribution in [2.45, 2.75) is 25.0 Å². The van der Waals surface area contributed by atoms with Gasteiger partial charge in [-0.25, -0.2) is 4.79 Å². The van der Waals surface area contributed by atoms with Crippen LogP contribution in [-0.4, -0.2) is 57.4 Å². The summed E-state index contributed by atoms with van der Waals surface area (Å²) in [4.78, 5) is 36.9. The monoisotopic (exact) mass is 528 g/mol. The Morgan fingerprint density at radius 3 is 2.28 bits per heavy atom. The standard InChI is InChI=1S/C29H28N4O6/c1-39-25-10-6-5-9-22(25)27(35)31-26-17-23(32-33-26)28(36)30-21(16-24(34)29(37)38)15-18-11-13-20(14-12-18)19-7-3-2-4-8-19/h2-14,17,21,24,34H,15-16H2,1H3,(H,30,36)(H,37,38)(H2,31,32,33,35). The molecular formula is C29H28N4O6. The predicted molar refractivity (Wildman–Crippen MR) is 145 cm³/mol. The van der Waals surface area contributed by atoms with Crippen LogP contribution in [0.4, 0.5) is 5.82 Å². The number of aliphatic hydroxyl groups excluding tert-OH is 1. The number of aromatic amines is 1. The number of nitrogens with zero attached hydrogens (tertiary/aromatic N) is 1. The molecule has 2 unspecified atom stereocenters. The smallest absolute Gasteiger partial charge is 0.332 e. The van der Waals surface area contributed by atoms with Gasteiger partial charge in [-0.15, -0.1) is 0 Å². The fourth-order valence-electron chi connectivity index (χ4n) is 4.09. The first-order valence-electron chi connectivity index (χ1n) is 12.2. The summed E-state index contributed by atoms with van der Waals surface area (Å²) >= 11 is 0. The van der Waals surface area contributed by atoms with Crippen LogP contribution in [0.25, 0.3) is 11.1 Å². The molecule has 0 spiro atoms. The number of para-hydroxylation sites is 1. The van der Waals surface area contributed by atoms with E-state index >= 15 is 0 Å². The van der Waals surface area contributed by atoms with Crippen LogP contribution in [0.15, 0.2) is 84.9 Å². The van der Waals surface area contributed by atoms with Crippen molar-refractivity contribution in [2.24, 2.45) is 0 Å². The van der Waals surface area contributed by atoms with Gasteiger partial charge in [0.25, 0.3) is 11.8 Å². The molecule has 2 amide bonds. The zero-order valence-corrected chi connectivity index (χ0v) is 21.1. The molecule has 0 aliphatic heterocycles. The van der Waals surface area contributed by atoms with Crippen LogP contribution in [0, 0.1) is 0 Å². The second kappa shape index (κ2) is 12.5. The molecule has 1 heterocycles. The molecule has 10 nitrogen and oxygen atoms in total. The minimum Gasteiger partial charge on any atom is -0.496 e. The second-order valence-corrected chi connectivity index (χ2v) is 8.85. The van der Waals surface area contributed by atoms with Crippen molar-refractivity contribution in [3.8, 4) is 16.9 Å². The van der Waals surface area contributed by atoms with Crippen LogP contribution < -0.4 is 15.4 Å². The Labute approximate surface area is 224 Å². The predicted octanol–water partition coefficient (Wildman–Crippen LogP) is 3.51. The summed E-state index contributed by atoms with van der Waals surface area (Å²) in [5, 5.41) is 31.1. The van der Waals surface area contributed by atoms with E-state index in [2.05, 4.69) is 20.8 Å². The molecule has 0 aliphatic rings. The summed E-state index contributed by atoms with van der Waals surface area (Å²) < 4.78 is 5.20. The lowest BCUT2D eigenvalue weighted by Crippen LogP contribution is -2.40. The lowest BCUT2D eigenvalue weighted by atomic mass is 9.97. The highest BCUT2D eigenvalue weighted by atomic mass is 16.5. The Morgan fingerprint density at radius 1 is 0.923 bits per heavy atom. The maximum Gasteiger partial charge on any atom is 0.332 e. The number of rotatable bonds is 11. The van der Waals surface area contributed by atoms with Gasteiger partial charge in [-0.3, -0.25) is 14.7 Å². The van der Waals surface area contributed by atoms with Gasteiger partial charge in [0.15, 0.2) is 11.9 Å². The van der Waals surface area contributed by atoms with Crippen LogP contribution >= 0.6 is 0 Å². The number of benzene rings is 3. The number of hydrogen-bond acceptors (Lipinski definition) is 6. The van der Waals surface area contributed by atoms with Crippen LogP contribution in [0.5, 0.6) is 5.75 Å². The molecule has 2 atom stereocenters. The number of anilines is 1. The van der Waals surface area contributed by atoms with E-state index in [-0.39, 0.29) is 24.4 Å². The number of aromatic nitrogens is 2. The molecular weight excluding hydrogens is 500 g/mol. The molecule has 4 rings (SSSR count). The fraction of sp³-hybridized carbons (Fsp3) is 0.172. The molecule has 10 heteroatoms. The number of amides is 2. The molecule has 0 fully saturated rings. The summed E-state index contributed by atoms with van der Waals surface area (Å²) in [5.74, 6) is -1.90. The first-order valence-corrected chi connectivity index (χ1v) is 12.2. The third-order valence-corrected chi connectivity index (χ3v) is 6.09. The number of ether oxygens (including phenoxy) is 1. The lowest BCUT2D eigenvalue weighted by Gasteiger charge is -2.20. The number of H-pyrrole nitrogens is 1. The number of aliphatic carboxylic acids is 1. The van der Waals surface area contributed by atoms with Crippen LogP contribution in [0.2, 0.25) is 0 Å². The number of nitrogens with one attached hydrogen (secondary N) is 3. The fourth-order valence-corrected chi connectivity index (χ4v) is 4.09. The molecule has 1 aromatic heterocycles. The van der Waals surface area contributed by atoms with Crippen molar-refractivity contribution in [1.82, 2.24) is 15.5 Å². The van der Waals surface area contributed by atoms with Crippen molar-refractivity contribution in [2.75, 3.05) is 12.4 Å². The molecule has 0 saturated carbocycles. The zero-order chi connectivity index (χ0) is 27.8. The Kier molecular flexibility index (Phi) is 8.70. The number of aliphatic hydroxyl groups is 1. The Morgan fingerprint density at radius 2 is 1.59 bits per heavy atom. The van der Waals surface area contributed by atoms with Gasteiger partial charge in [-0.2, -0.15) is 5.10 Å². The molecule has 200 valence electrons. The topological polar surface area (TPSA) is 154 Å². The van der Waals surface area contributed by atoms with E-state index in [1.165, 1.54) is 13.2 Å². The Bertz CT molecular complexity index is 1440. The number of carboxylic acid groups (broad SMARTS) is 1. The average molecular weight is 529 g/mol. The maximum absolute atomic E-state index is 13.0. The number of methoxy groups -OCH3 is 1. The normalized spacial score (nSPS) is 12.3. The highest BCUT2D eigenvalue weighted by Crippen LogP contribution is 2.21. The Balaban J connectivity index is 1.44. The number of carbonyl (C=O) groups is 3. The molecule has 3 aromatic carbocycles. The second-order valence-electron chi connectivity index (χ2n) is 8.85. The van der Waals surface area contributed by atoms with Crippen molar-refractivity contribution >= 4 is 23.6 Å². The van der Waals surface area contributed by atoms with E-state index < -0.39 is 29.9 Å². The number of carboxylic acids is 1. The largest absolute Gasteiger partial charge is 0.496 e. The molecule has 0 aliphatic carbocycles. The Hall–Kier alpha value is -4.96. The number of hydrogen-bond donors (Lipinski definition) is 5. The summed E-state index contributed by atoms with van der Waals surface area (Å²) in [7, 11) is 1.46. The van der Waals surface area contributed by atoms with Gasteiger partial charge >= 0.3 is 5.97 Å². The average Bonchev–Trinajstić information content (AvgIpc) is 3.42. The van der Waals surface area contributed by atoms with Crippen molar-refractivity contribution in [1.29, 1.82) is 0 Å². The first-order chi connectivity index (χ1) is 18.8. The minimum absolute atomic E-state index is 0.0552. The zero-order valence-electron chi connectivity index (χ0n) is 21.1. The molecule has 5 N–H and O–H groups in total. The van der Waals surface area contributed by atoms with Gasteiger partial charge in [0.05, 0.1) is 12.7 Å². The van der Waals surface area contributed by atoms with E-state index in [9.17, 15) is 24.6 Å². The van der Waals surface area contributed by atoms with Crippen molar-refractivity contribution < 1.29 is 29.3 Å².